The van der Waals surface area contributed by atoms with E-state index in [-0.39, 0.29) is 19.1 Å². The van der Waals surface area contributed by atoms with Crippen LogP contribution in [0.15, 0.2) is 30.3 Å². The molecule has 0 aliphatic carbocycles. The topological polar surface area (TPSA) is 75.7 Å². The Labute approximate surface area is 124 Å². The molecule has 6 nitrogen and oxygen atoms in total. The number of carbonyl (C=O) groups excluding carboxylic acids is 3. The molecule has 0 heterocycles. The van der Waals surface area contributed by atoms with Gasteiger partial charge >= 0.3 is 5.97 Å². The Balaban J connectivity index is 2.47. The number of amides is 2. The fourth-order valence-electron chi connectivity index (χ4n) is 1.68. The number of likely N-dealkylation sites (N-methyl/N-ethyl adjacent to an activating group) is 2. The van der Waals surface area contributed by atoms with Crippen molar-refractivity contribution in [1.29, 1.82) is 0 Å². The third kappa shape index (κ3) is 5.64. The van der Waals surface area contributed by atoms with Crippen molar-refractivity contribution in [3.05, 3.63) is 35.9 Å². The average Bonchev–Trinajstić information content (AvgIpc) is 2.51. The van der Waals surface area contributed by atoms with Crippen molar-refractivity contribution in [1.82, 2.24) is 10.2 Å². The lowest BCUT2D eigenvalue weighted by atomic mass is 10.2. The van der Waals surface area contributed by atoms with Gasteiger partial charge < -0.3 is 15.0 Å². The van der Waals surface area contributed by atoms with Crippen LogP contribution in [0.4, 0.5) is 0 Å². The molecule has 0 bridgehead atoms. The fraction of sp³-hybridized carbons (Fsp3) is 0.400. The molecule has 0 saturated carbocycles. The van der Waals surface area contributed by atoms with E-state index in [4.69, 9.17) is 4.74 Å². The smallest absolute Gasteiger partial charge is 0.338 e. The van der Waals surface area contributed by atoms with Gasteiger partial charge in [-0.05, 0) is 26.0 Å². The molecule has 1 N–H and O–H groups in total. The average molecular weight is 292 g/mol. The van der Waals surface area contributed by atoms with Crippen molar-refractivity contribution < 1.29 is 19.1 Å². The number of hydrogen-bond acceptors (Lipinski definition) is 4. The number of nitrogens with zero attached hydrogens (tertiary/aromatic N) is 1. The van der Waals surface area contributed by atoms with Crippen LogP contribution in [0.3, 0.4) is 0 Å². The molecule has 1 aromatic carbocycles. The first-order valence-corrected chi connectivity index (χ1v) is 6.85. The molecule has 0 saturated heterocycles. The van der Waals surface area contributed by atoms with E-state index in [2.05, 4.69) is 5.32 Å². The molecule has 0 fully saturated rings. The summed E-state index contributed by atoms with van der Waals surface area (Å²) < 4.78 is 4.95. The summed E-state index contributed by atoms with van der Waals surface area (Å²) in [6.07, 6.45) is 0. The van der Waals surface area contributed by atoms with Crippen LogP contribution in [-0.2, 0) is 14.3 Å². The number of esters is 1. The van der Waals surface area contributed by atoms with E-state index in [9.17, 15) is 14.4 Å². The molecule has 0 unspecified atom stereocenters. The van der Waals surface area contributed by atoms with Crippen molar-refractivity contribution in [3.8, 4) is 0 Å². The van der Waals surface area contributed by atoms with Crippen molar-refractivity contribution in [2.24, 2.45) is 0 Å². The molecule has 1 rings (SSSR count). The third-order valence-corrected chi connectivity index (χ3v) is 2.78. The van der Waals surface area contributed by atoms with Crippen LogP contribution in [0.2, 0.25) is 0 Å². The minimum absolute atomic E-state index is 0.0357. The lowest BCUT2D eigenvalue weighted by molar-refractivity contribution is -0.138. The predicted octanol–water partition coefficient (Wildman–Crippen LogP) is 0.828. The lowest BCUT2D eigenvalue weighted by Gasteiger charge is -2.19. The highest BCUT2D eigenvalue weighted by molar-refractivity contribution is 5.92. The van der Waals surface area contributed by atoms with Gasteiger partial charge in [-0.2, -0.15) is 0 Å². The molecule has 0 spiro atoms. The van der Waals surface area contributed by atoms with Crippen LogP contribution in [0.5, 0.6) is 0 Å². The molecule has 0 atom stereocenters. The largest absolute Gasteiger partial charge is 0.452 e. The summed E-state index contributed by atoms with van der Waals surface area (Å²) in [7, 11) is 0. The lowest BCUT2D eigenvalue weighted by Crippen LogP contribution is -2.42. The first kappa shape index (κ1) is 16.7. The maximum atomic E-state index is 11.9. The maximum Gasteiger partial charge on any atom is 0.338 e. The second-order valence-corrected chi connectivity index (χ2v) is 4.30. The summed E-state index contributed by atoms with van der Waals surface area (Å²) in [5.74, 6) is -1.19. The summed E-state index contributed by atoms with van der Waals surface area (Å²) in [5, 5.41) is 2.62. The van der Waals surface area contributed by atoms with Gasteiger partial charge in [-0.1, -0.05) is 18.2 Å². The van der Waals surface area contributed by atoms with Gasteiger partial charge in [-0.3, -0.25) is 9.59 Å². The number of rotatable bonds is 7. The van der Waals surface area contributed by atoms with Gasteiger partial charge in [0, 0.05) is 13.1 Å². The zero-order valence-electron chi connectivity index (χ0n) is 12.3. The number of ether oxygens (including phenoxy) is 1. The summed E-state index contributed by atoms with van der Waals surface area (Å²) in [6, 6.07) is 8.43. The highest BCUT2D eigenvalue weighted by Gasteiger charge is 2.17. The van der Waals surface area contributed by atoms with Crippen molar-refractivity contribution >= 4 is 17.8 Å². The summed E-state index contributed by atoms with van der Waals surface area (Å²) in [5.41, 5.74) is 0.386. The summed E-state index contributed by atoms with van der Waals surface area (Å²) >= 11 is 0. The van der Waals surface area contributed by atoms with E-state index in [1.807, 2.05) is 0 Å². The third-order valence-electron chi connectivity index (χ3n) is 2.78. The Morgan fingerprint density at radius 3 is 2.38 bits per heavy atom. The highest BCUT2D eigenvalue weighted by atomic mass is 16.5. The highest BCUT2D eigenvalue weighted by Crippen LogP contribution is 2.01. The van der Waals surface area contributed by atoms with E-state index >= 15 is 0 Å². The van der Waals surface area contributed by atoms with Gasteiger partial charge in [0.25, 0.3) is 5.91 Å². The van der Waals surface area contributed by atoms with Crippen LogP contribution in [-0.4, -0.2) is 48.9 Å². The normalized spacial score (nSPS) is 9.81. The quantitative estimate of drug-likeness (QED) is 0.755. The van der Waals surface area contributed by atoms with E-state index in [1.165, 1.54) is 4.90 Å². The molecule has 114 valence electrons. The number of carbonyl (C=O) groups is 3. The predicted molar refractivity (Wildman–Crippen MR) is 77.7 cm³/mol. The SMILES string of the molecule is CCNC(=O)CN(CC)C(=O)COC(=O)c1ccccc1. The molecular weight excluding hydrogens is 272 g/mol. The first-order chi connectivity index (χ1) is 10.1. The van der Waals surface area contributed by atoms with E-state index in [0.717, 1.165) is 0 Å². The first-order valence-electron chi connectivity index (χ1n) is 6.85. The molecule has 1 aromatic rings. The van der Waals surface area contributed by atoms with Crippen LogP contribution in [0.1, 0.15) is 24.2 Å². The van der Waals surface area contributed by atoms with Crippen molar-refractivity contribution in [2.45, 2.75) is 13.8 Å². The summed E-state index contributed by atoms with van der Waals surface area (Å²) in [6.45, 7) is 4.03. The van der Waals surface area contributed by atoms with Crippen molar-refractivity contribution in [2.75, 3.05) is 26.2 Å². The van der Waals surface area contributed by atoms with Gasteiger partial charge in [-0.15, -0.1) is 0 Å². The van der Waals surface area contributed by atoms with Gasteiger partial charge in [0.15, 0.2) is 6.61 Å². The van der Waals surface area contributed by atoms with E-state index < -0.39 is 11.9 Å². The monoisotopic (exact) mass is 292 g/mol. The van der Waals surface area contributed by atoms with E-state index in [1.54, 1.807) is 44.2 Å². The summed E-state index contributed by atoms with van der Waals surface area (Å²) in [4.78, 5) is 36.4. The van der Waals surface area contributed by atoms with Gasteiger partial charge in [0.1, 0.15) is 0 Å². The zero-order valence-corrected chi connectivity index (χ0v) is 12.3. The molecular formula is C15H20N2O4. The molecule has 2 amide bonds. The maximum absolute atomic E-state index is 11.9. The molecule has 0 aliphatic rings. The van der Waals surface area contributed by atoms with Gasteiger partial charge in [-0.25, -0.2) is 4.79 Å². The molecule has 0 aliphatic heterocycles. The Kier molecular flexibility index (Phi) is 6.94. The molecule has 0 aromatic heterocycles. The van der Waals surface area contributed by atoms with E-state index in [0.29, 0.717) is 18.7 Å². The van der Waals surface area contributed by atoms with Crippen LogP contribution in [0.25, 0.3) is 0 Å². The number of nitrogens with one attached hydrogen (secondary N) is 1. The van der Waals surface area contributed by atoms with Crippen molar-refractivity contribution in [3.63, 3.8) is 0 Å². The second-order valence-electron chi connectivity index (χ2n) is 4.30. The second kappa shape index (κ2) is 8.73. The van der Waals surface area contributed by atoms with Crippen LogP contribution < -0.4 is 5.32 Å². The Morgan fingerprint density at radius 1 is 1.14 bits per heavy atom. The van der Waals surface area contributed by atoms with Crippen LogP contribution >= 0.6 is 0 Å². The molecule has 6 heteroatoms. The zero-order chi connectivity index (χ0) is 15.7. The molecule has 0 radical (unpaired) electrons. The van der Waals surface area contributed by atoms with Gasteiger partial charge in [0.05, 0.1) is 12.1 Å². The minimum Gasteiger partial charge on any atom is -0.452 e. The standard InChI is InChI=1S/C15H20N2O4/c1-3-16-13(18)10-17(4-2)14(19)11-21-15(20)12-8-6-5-7-9-12/h5-9H,3-4,10-11H2,1-2H3,(H,16,18). The Hall–Kier alpha value is -2.37. The Morgan fingerprint density at radius 2 is 1.81 bits per heavy atom. The minimum atomic E-state index is -0.557. The fourth-order valence-corrected chi connectivity index (χ4v) is 1.68. The number of hydrogen-bond donors (Lipinski definition) is 1. The van der Waals surface area contributed by atoms with Crippen LogP contribution in [0, 0.1) is 0 Å². The Bertz CT molecular complexity index is 488. The number of benzene rings is 1. The van der Waals surface area contributed by atoms with Gasteiger partial charge in [0.2, 0.25) is 5.91 Å². The molecule has 21 heavy (non-hydrogen) atoms.